The third-order valence-corrected chi connectivity index (χ3v) is 4.88. The lowest BCUT2D eigenvalue weighted by Gasteiger charge is -2.24. The molecule has 0 saturated carbocycles. The fourth-order valence-corrected chi connectivity index (χ4v) is 3.10. The number of hydrogen-bond donors (Lipinski definition) is 2. The van der Waals surface area contributed by atoms with E-state index >= 15 is 0 Å². The number of aromatic nitrogens is 2. The molecule has 0 aliphatic rings. The lowest BCUT2D eigenvalue weighted by molar-refractivity contribution is 0.429. The molecule has 3 rings (SSSR count). The molecule has 0 amide bonds. The highest BCUT2D eigenvalue weighted by Crippen LogP contribution is 2.19. The molecule has 1 heterocycles. The predicted molar refractivity (Wildman–Crippen MR) is 111 cm³/mol. The number of thiocarbonyl (C=S) groups is 1. The minimum atomic E-state index is -0.130. The van der Waals surface area contributed by atoms with Crippen LogP contribution in [0.5, 0.6) is 0 Å². The number of anilines is 1. The number of para-hydroxylation sites is 1. The summed E-state index contributed by atoms with van der Waals surface area (Å²) >= 11 is 5.58. The molecule has 0 saturated heterocycles. The normalized spacial score (nSPS) is 10.7. The van der Waals surface area contributed by atoms with E-state index in [9.17, 15) is 4.79 Å². The molecular weight excluding hydrogens is 344 g/mol. The maximum Gasteiger partial charge on any atom is 0.258 e. The first kappa shape index (κ1) is 18.1. The van der Waals surface area contributed by atoms with Gasteiger partial charge in [-0.05, 0) is 62.3 Å². The van der Waals surface area contributed by atoms with Crippen LogP contribution in [0.3, 0.4) is 0 Å². The van der Waals surface area contributed by atoms with Crippen LogP contribution in [0.15, 0.2) is 47.3 Å². The molecule has 0 unspecified atom stereocenters. The Kier molecular flexibility index (Phi) is 5.32. The zero-order chi connectivity index (χ0) is 18.7. The van der Waals surface area contributed by atoms with Crippen LogP contribution in [-0.4, -0.2) is 26.5 Å². The topological polar surface area (TPSA) is 61.0 Å². The molecule has 0 atom stereocenters. The maximum absolute atomic E-state index is 12.2. The first-order valence-corrected chi connectivity index (χ1v) is 9.00. The summed E-state index contributed by atoms with van der Waals surface area (Å²) in [5.74, 6) is 0.598. The lowest BCUT2D eigenvalue weighted by Crippen LogP contribution is -2.35. The van der Waals surface area contributed by atoms with Crippen molar-refractivity contribution in [2.24, 2.45) is 0 Å². The smallest absolute Gasteiger partial charge is 0.258 e. The molecule has 3 aromatic rings. The Balaban J connectivity index is 1.82. The Morgan fingerprint density at radius 2 is 1.96 bits per heavy atom. The fraction of sp³-hybridized carbons (Fsp3) is 0.250. The van der Waals surface area contributed by atoms with Gasteiger partial charge >= 0.3 is 0 Å². The second kappa shape index (κ2) is 7.66. The van der Waals surface area contributed by atoms with Crippen molar-refractivity contribution >= 4 is 33.9 Å². The van der Waals surface area contributed by atoms with E-state index in [1.807, 2.05) is 42.2 Å². The van der Waals surface area contributed by atoms with Crippen LogP contribution in [0.25, 0.3) is 10.9 Å². The van der Waals surface area contributed by atoms with Crippen molar-refractivity contribution in [1.29, 1.82) is 0 Å². The number of hydrogen-bond acceptors (Lipinski definition) is 3. The Bertz CT molecular complexity index is 1010. The summed E-state index contributed by atoms with van der Waals surface area (Å²) < 4.78 is 0. The number of benzene rings is 2. The molecule has 134 valence electrons. The summed E-state index contributed by atoms with van der Waals surface area (Å²) in [4.78, 5) is 21.6. The monoisotopic (exact) mass is 366 g/mol. The maximum atomic E-state index is 12.2. The van der Waals surface area contributed by atoms with Gasteiger partial charge in [-0.3, -0.25) is 4.79 Å². The molecule has 0 aliphatic heterocycles. The lowest BCUT2D eigenvalue weighted by atomic mass is 10.1. The number of fused-ring (bicyclic) bond motifs is 1. The van der Waals surface area contributed by atoms with Gasteiger partial charge in [0.2, 0.25) is 0 Å². The van der Waals surface area contributed by atoms with E-state index < -0.39 is 0 Å². The van der Waals surface area contributed by atoms with Crippen LogP contribution in [0, 0.1) is 13.8 Å². The number of H-pyrrole nitrogens is 1. The minimum absolute atomic E-state index is 0.130. The van der Waals surface area contributed by atoms with Crippen molar-refractivity contribution in [3.8, 4) is 0 Å². The van der Waals surface area contributed by atoms with Crippen LogP contribution in [0.4, 0.5) is 5.69 Å². The van der Waals surface area contributed by atoms with Crippen LogP contribution in [0.1, 0.15) is 23.9 Å². The molecule has 6 heteroatoms. The SMILES string of the molecule is CCN(Cc1nc2ccccc2c(=O)[nH]1)C(=S)Nc1cccc(C)c1C. The van der Waals surface area contributed by atoms with E-state index in [1.165, 1.54) is 11.1 Å². The molecule has 1 aromatic heterocycles. The van der Waals surface area contributed by atoms with E-state index in [0.29, 0.717) is 34.9 Å². The first-order chi connectivity index (χ1) is 12.5. The summed E-state index contributed by atoms with van der Waals surface area (Å²) in [7, 11) is 0. The van der Waals surface area contributed by atoms with Crippen molar-refractivity contribution in [2.45, 2.75) is 27.3 Å². The predicted octanol–water partition coefficient (Wildman–Crippen LogP) is 3.76. The Hall–Kier alpha value is -2.73. The highest BCUT2D eigenvalue weighted by atomic mass is 32.1. The standard InChI is InChI=1S/C20H22N4OS/c1-4-24(20(26)22-16-11-7-8-13(2)14(16)3)12-18-21-17-10-6-5-9-15(17)19(25)23-18/h5-11H,4,12H2,1-3H3,(H,22,26)(H,21,23,25). The van der Waals surface area contributed by atoms with Crippen LogP contribution >= 0.6 is 12.2 Å². The average Bonchev–Trinajstić information content (AvgIpc) is 2.63. The summed E-state index contributed by atoms with van der Waals surface area (Å²) in [6, 6.07) is 13.4. The average molecular weight is 366 g/mol. The van der Waals surface area contributed by atoms with Crippen molar-refractivity contribution in [2.75, 3.05) is 11.9 Å². The Labute approximate surface area is 158 Å². The molecule has 0 spiro atoms. The van der Waals surface area contributed by atoms with Gasteiger partial charge in [0.15, 0.2) is 5.11 Å². The second-order valence-corrected chi connectivity index (χ2v) is 6.61. The highest BCUT2D eigenvalue weighted by Gasteiger charge is 2.12. The van der Waals surface area contributed by atoms with Crippen LogP contribution in [-0.2, 0) is 6.54 Å². The molecule has 26 heavy (non-hydrogen) atoms. The number of rotatable bonds is 4. The van der Waals surface area contributed by atoms with Gasteiger partial charge < -0.3 is 15.2 Å². The molecular formula is C20H22N4OS. The van der Waals surface area contributed by atoms with Crippen molar-refractivity contribution < 1.29 is 0 Å². The van der Waals surface area contributed by atoms with Gasteiger partial charge in [0.05, 0.1) is 17.4 Å². The number of nitrogens with one attached hydrogen (secondary N) is 2. The van der Waals surface area contributed by atoms with Gasteiger partial charge in [0.25, 0.3) is 5.56 Å². The van der Waals surface area contributed by atoms with Crippen LogP contribution < -0.4 is 10.9 Å². The minimum Gasteiger partial charge on any atom is -0.342 e. The van der Waals surface area contributed by atoms with E-state index in [1.54, 1.807) is 6.07 Å². The number of nitrogens with zero attached hydrogens (tertiary/aromatic N) is 2. The summed E-state index contributed by atoms with van der Waals surface area (Å²) in [6.45, 7) is 7.31. The van der Waals surface area contributed by atoms with Gasteiger partial charge in [-0.2, -0.15) is 0 Å². The highest BCUT2D eigenvalue weighted by molar-refractivity contribution is 7.80. The van der Waals surface area contributed by atoms with Crippen molar-refractivity contribution in [3.05, 3.63) is 69.8 Å². The molecule has 0 radical (unpaired) electrons. The summed E-state index contributed by atoms with van der Waals surface area (Å²) in [5, 5.41) is 4.51. The quantitative estimate of drug-likeness (QED) is 0.689. The molecule has 0 bridgehead atoms. The largest absolute Gasteiger partial charge is 0.342 e. The molecule has 2 N–H and O–H groups in total. The van der Waals surface area contributed by atoms with E-state index in [0.717, 1.165) is 5.69 Å². The second-order valence-electron chi connectivity index (χ2n) is 6.22. The zero-order valence-electron chi connectivity index (χ0n) is 15.2. The van der Waals surface area contributed by atoms with Crippen molar-refractivity contribution in [1.82, 2.24) is 14.9 Å². The fourth-order valence-electron chi connectivity index (χ4n) is 2.80. The number of aryl methyl sites for hydroxylation is 1. The number of aromatic amines is 1. The third-order valence-electron chi connectivity index (χ3n) is 4.52. The van der Waals surface area contributed by atoms with Gasteiger partial charge in [-0.25, -0.2) is 4.98 Å². The van der Waals surface area contributed by atoms with E-state index in [2.05, 4.69) is 35.2 Å². The molecule has 2 aromatic carbocycles. The van der Waals surface area contributed by atoms with Crippen molar-refractivity contribution in [3.63, 3.8) is 0 Å². The van der Waals surface area contributed by atoms with Gasteiger partial charge in [-0.15, -0.1) is 0 Å². The first-order valence-electron chi connectivity index (χ1n) is 8.59. The Morgan fingerprint density at radius 3 is 2.73 bits per heavy atom. The summed E-state index contributed by atoms with van der Waals surface area (Å²) in [5.41, 5.74) is 3.93. The third kappa shape index (κ3) is 3.75. The summed E-state index contributed by atoms with van der Waals surface area (Å²) in [6.07, 6.45) is 0. The molecule has 0 aliphatic carbocycles. The molecule has 0 fully saturated rings. The molecule has 5 nitrogen and oxygen atoms in total. The van der Waals surface area contributed by atoms with Gasteiger partial charge in [-0.1, -0.05) is 24.3 Å². The Morgan fingerprint density at radius 1 is 1.19 bits per heavy atom. The van der Waals surface area contributed by atoms with Gasteiger partial charge in [0, 0.05) is 12.2 Å². The zero-order valence-corrected chi connectivity index (χ0v) is 16.0. The van der Waals surface area contributed by atoms with Gasteiger partial charge in [0.1, 0.15) is 5.82 Å². The van der Waals surface area contributed by atoms with E-state index in [4.69, 9.17) is 12.2 Å². The van der Waals surface area contributed by atoms with Crippen LogP contribution in [0.2, 0.25) is 0 Å². The van der Waals surface area contributed by atoms with E-state index in [-0.39, 0.29) is 5.56 Å².